The normalized spacial score (nSPS) is 14.6. The molecule has 1 saturated heterocycles. The lowest BCUT2D eigenvalue weighted by atomic mass is 10.2. The number of hydrogen-bond acceptors (Lipinski definition) is 2. The summed E-state index contributed by atoms with van der Waals surface area (Å²) in [6.07, 6.45) is -0.817. The van der Waals surface area contributed by atoms with E-state index in [9.17, 15) is 4.79 Å². The van der Waals surface area contributed by atoms with E-state index in [1.165, 1.54) is 10.6 Å². The fourth-order valence-corrected chi connectivity index (χ4v) is 1.79. The average Bonchev–Trinajstić information content (AvgIpc) is 2.30. The van der Waals surface area contributed by atoms with Crippen LogP contribution in [0.15, 0.2) is 30.3 Å². The molecule has 0 bridgehead atoms. The maximum Gasteiger partial charge on any atom is 0.407 e. The van der Waals surface area contributed by atoms with Gasteiger partial charge in [0, 0.05) is 31.9 Å². The molecule has 1 aromatic rings. The quantitative estimate of drug-likeness (QED) is 0.858. The first-order valence-corrected chi connectivity index (χ1v) is 5.05. The zero-order valence-electron chi connectivity index (χ0n) is 9.28. The second-order valence-corrected chi connectivity index (χ2v) is 3.59. The fraction of sp³-hybridized carbons (Fsp3) is 0.364. The van der Waals surface area contributed by atoms with E-state index in [1.807, 2.05) is 18.2 Å². The standard InChI is InChI=1S/C11H14N2O2.2ClH/c14-11(15)13-8-6-12(7-9-13)10-4-2-1-3-5-10;;/h1-5H,6-9H2,(H,14,15);2*1H. The van der Waals surface area contributed by atoms with Gasteiger partial charge in [-0.25, -0.2) is 4.79 Å². The Bertz CT molecular complexity index is 341. The number of piperazine rings is 1. The van der Waals surface area contributed by atoms with Crippen LogP contribution >= 0.6 is 24.8 Å². The Morgan fingerprint density at radius 3 is 2.00 bits per heavy atom. The second kappa shape index (κ2) is 7.25. The number of anilines is 1. The number of carboxylic acid groups (broad SMARTS) is 1. The fourth-order valence-electron chi connectivity index (χ4n) is 1.79. The van der Waals surface area contributed by atoms with Crippen molar-refractivity contribution >= 4 is 36.6 Å². The summed E-state index contributed by atoms with van der Waals surface area (Å²) in [7, 11) is 0. The van der Waals surface area contributed by atoms with Crippen LogP contribution in [0.5, 0.6) is 0 Å². The van der Waals surface area contributed by atoms with E-state index in [0.717, 1.165) is 13.1 Å². The topological polar surface area (TPSA) is 43.8 Å². The zero-order valence-corrected chi connectivity index (χ0v) is 10.9. The Kier molecular flexibility index (Phi) is 6.76. The molecule has 6 heteroatoms. The molecule has 96 valence electrons. The summed E-state index contributed by atoms with van der Waals surface area (Å²) in [4.78, 5) is 14.4. The minimum Gasteiger partial charge on any atom is -0.465 e. The van der Waals surface area contributed by atoms with Crippen molar-refractivity contribution in [2.45, 2.75) is 0 Å². The Labute approximate surface area is 113 Å². The minimum absolute atomic E-state index is 0. The van der Waals surface area contributed by atoms with Crippen molar-refractivity contribution in [3.05, 3.63) is 30.3 Å². The van der Waals surface area contributed by atoms with E-state index in [4.69, 9.17) is 5.11 Å². The van der Waals surface area contributed by atoms with Crippen molar-refractivity contribution in [1.29, 1.82) is 0 Å². The predicted octanol–water partition coefficient (Wildman–Crippen LogP) is 2.33. The van der Waals surface area contributed by atoms with Crippen molar-refractivity contribution in [3.8, 4) is 0 Å². The van der Waals surface area contributed by atoms with Gasteiger partial charge in [-0.05, 0) is 12.1 Å². The molecule has 0 saturated carbocycles. The molecule has 1 fully saturated rings. The first-order chi connectivity index (χ1) is 7.27. The summed E-state index contributed by atoms with van der Waals surface area (Å²) < 4.78 is 0. The van der Waals surface area contributed by atoms with Gasteiger partial charge in [0.05, 0.1) is 0 Å². The molecule has 1 aliphatic rings. The third-order valence-corrected chi connectivity index (χ3v) is 2.67. The highest BCUT2D eigenvalue weighted by Gasteiger charge is 2.19. The van der Waals surface area contributed by atoms with E-state index in [2.05, 4.69) is 17.0 Å². The molecule has 1 aliphatic heterocycles. The van der Waals surface area contributed by atoms with Gasteiger partial charge in [0.25, 0.3) is 0 Å². The Hall–Kier alpha value is -1.13. The van der Waals surface area contributed by atoms with Crippen LogP contribution in [0.3, 0.4) is 0 Å². The van der Waals surface area contributed by atoms with Crippen molar-refractivity contribution in [2.24, 2.45) is 0 Å². The Morgan fingerprint density at radius 2 is 1.53 bits per heavy atom. The van der Waals surface area contributed by atoms with Crippen molar-refractivity contribution in [2.75, 3.05) is 31.1 Å². The molecule has 1 aromatic carbocycles. The van der Waals surface area contributed by atoms with Crippen LogP contribution in [0.25, 0.3) is 0 Å². The molecule has 2 rings (SSSR count). The van der Waals surface area contributed by atoms with Gasteiger partial charge >= 0.3 is 6.09 Å². The second-order valence-electron chi connectivity index (χ2n) is 3.59. The summed E-state index contributed by atoms with van der Waals surface area (Å²) in [5.41, 5.74) is 1.17. The molecule has 4 nitrogen and oxygen atoms in total. The third-order valence-electron chi connectivity index (χ3n) is 2.67. The monoisotopic (exact) mass is 278 g/mol. The first-order valence-electron chi connectivity index (χ1n) is 5.05. The molecule has 0 radical (unpaired) electrons. The lowest BCUT2D eigenvalue weighted by Gasteiger charge is -2.34. The van der Waals surface area contributed by atoms with Crippen molar-refractivity contribution in [1.82, 2.24) is 4.90 Å². The number of para-hydroxylation sites is 1. The van der Waals surface area contributed by atoms with Gasteiger partial charge in [-0.15, -0.1) is 24.8 Å². The molecule has 0 aromatic heterocycles. The van der Waals surface area contributed by atoms with E-state index < -0.39 is 6.09 Å². The molecule has 0 unspecified atom stereocenters. The number of amides is 1. The van der Waals surface area contributed by atoms with Crippen LogP contribution < -0.4 is 4.90 Å². The molecule has 1 N–H and O–H groups in total. The summed E-state index contributed by atoms with van der Waals surface area (Å²) in [5.74, 6) is 0. The van der Waals surface area contributed by atoms with Gasteiger partial charge in [0.15, 0.2) is 0 Å². The summed E-state index contributed by atoms with van der Waals surface area (Å²) in [5, 5.41) is 8.80. The molecular weight excluding hydrogens is 263 g/mol. The van der Waals surface area contributed by atoms with Crippen LogP contribution in [-0.2, 0) is 0 Å². The average molecular weight is 279 g/mol. The third kappa shape index (κ3) is 3.98. The molecule has 1 heterocycles. The van der Waals surface area contributed by atoms with Crippen molar-refractivity contribution < 1.29 is 9.90 Å². The van der Waals surface area contributed by atoms with Crippen LogP contribution in [0, 0.1) is 0 Å². The number of nitrogens with zero attached hydrogens (tertiary/aromatic N) is 2. The first kappa shape index (κ1) is 15.9. The summed E-state index contributed by atoms with van der Waals surface area (Å²) in [6, 6.07) is 10.1. The molecular formula is C11H16Cl2N2O2. The van der Waals surface area contributed by atoms with Crippen LogP contribution in [0.1, 0.15) is 0 Å². The number of halogens is 2. The Balaban J connectivity index is 0.00000128. The van der Waals surface area contributed by atoms with Gasteiger partial charge in [-0.1, -0.05) is 18.2 Å². The number of rotatable bonds is 1. The highest BCUT2D eigenvalue weighted by atomic mass is 35.5. The number of carbonyl (C=O) groups is 1. The van der Waals surface area contributed by atoms with Gasteiger partial charge in [0.1, 0.15) is 0 Å². The summed E-state index contributed by atoms with van der Waals surface area (Å²) >= 11 is 0. The zero-order chi connectivity index (χ0) is 10.7. The summed E-state index contributed by atoms with van der Waals surface area (Å²) in [6.45, 7) is 2.72. The highest BCUT2D eigenvalue weighted by molar-refractivity contribution is 5.85. The van der Waals surface area contributed by atoms with E-state index in [1.54, 1.807) is 0 Å². The van der Waals surface area contributed by atoms with E-state index >= 15 is 0 Å². The predicted molar refractivity (Wildman–Crippen MR) is 72.7 cm³/mol. The van der Waals surface area contributed by atoms with Gasteiger partial charge in [0.2, 0.25) is 0 Å². The lowest BCUT2D eigenvalue weighted by Crippen LogP contribution is -2.48. The number of hydrogen-bond donors (Lipinski definition) is 1. The minimum atomic E-state index is -0.817. The maximum atomic E-state index is 10.7. The smallest absolute Gasteiger partial charge is 0.407 e. The van der Waals surface area contributed by atoms with Crippen molar-refractivity contribution in [3.63, 3.8) is 0 Å². The maximum absolute atomic E-state index is 10.7. The SMILES string of the molecule is Cl.Cl.O=C(O)N1CCN(c2ccccc2)CC1. The van der Waals surface area contributed by atoms with E-state index in [0.29, 0.717) is 13.1 Å². The molecule has 1 amide bonds. The van der Waals surface area contributed by atoms with Gasteiger partial charge in [-0.3, -0.25) is 0 Å². The highest BCUT2D eigenvalue weighted by Crippen LogP contribution is 2.15. The van der Waals surface area contributed by atoms with Gasteiger partial charge in [-0.2, -0.15) is 0 Å². The molecule has 0 spiro atoms. The van der Waals surface area contributed by atoms with Crippen LogP contribution in [0.4, 0.5) is 10.5 Å². The largest absolute Gasteiger partial charge is 0.465 e. The van der Waals surface area contributed by atoms with Gasteiger partial charge < -0.3 is 14.9 Å². The molecule has 0 atom stereocenters. The van der Waals surface area contributed by atoms with E-state index in [-0.39, 0.29) is 24.8 Å². The van der Waals surface area contributed by atoms with Crippen LogP contribution in [0.2, 0.25) is 0 Å². The number of benzene rings is 1. The Morgan fingerprint density at radius 1 is 1.00 bits per heavy atom. The lowest BCUT2D eigenvalue weighted by molar-refractivity contribution is 0.142. The molecule has 17 heavy (non-hydrogen) atoms. The molecule has 0 aliphatic carbocycles. The van der Waals surface area contributed by atoms with Crippen LogP contribution in [-0.4, -0.2) is 42.3 Å².